The Balaban J connectivity index is 0.000000323. The molecule has 2 fully saturated rings. The first-order chi connectivity index (χ1) is 15.6. The van der Waals surface area contributed by atoms with Crippen LogP contribution in [0.5, 0.6) is 0 Å². The van der Waals surface area contributed by atoms with Gasteiger partial charge in [-0.1, -0.05) is 18.2 Å². The normalized spacial score (nSPS) is 19.9. The van der Waals surface area contributed by atoms with E-state index in [1.165, 1.54) is 16.3 Å². The largest absolute Gasteiger partial charge is 0.421 e. The van der Waals surface area contributed by atoms with Crippen LogP contribution in [0.2, 0.25) is 0 Å². The van der Waals surface area contributed by atoms with E-state index in [0.29, 0.717) is 6.54 Å². The Morgan fingerprint density at radius 3 is 2.21 bits per heavy atom. The van der Waals surface area contributed by atoms with Gasteiger partial charge in [0, 0.05) is 45.0 Å². The minimum atomic E-state index is -4.70. The van der Waals surface area contributed by atoms with Crippen molar-refractivity contribution in [2.45, 2.75) is 22.9 Å². The summed E-state index contributed by atoms with van der Waals surface area (Å²) in [5, 5.41) is 14.5. The van der Waals surface area contributed by atoms with E-state index in [2.05, 4.69) is 26.0 Å². The van der Waals surface area contributed by atoms with Crippen LogP contribution in [-0.2, 0) is 10.4 Å². The highest BCUT2D eigenvalue weighted by Gasteiger charge is 2.51. The number of aliphatic hydroxyl groups is 1. The number of thiophene rings is 1. The van der Waals surface area contributed by atoms with E-state index < -0.39 is 11.8 Å². The number of hydrogen-bond donors (Lipinski definition) is 2. The summed E-state index contributed by atoms with van der Waals surface area (Å²) in [6.45, 7) is 6.50. The Hall–Kier alpha value is -1.79. The predicted octanol–water partition coefficient (Wildman–Crippen LogP) is 3.40. The highest BCUT2D eigenvalue weighted by atomic mass is 32.2. The van der Waals surface area contributed by atoms with Gasteiger partial charge in [-0.2, -0.15) is 13.2 Å². The highest BCUT2D eigenvalue weighted by Crippen LogP contribution is 2.39. The Morgan fingerprint density at radius 2 is 1.73 bits per heavy atom. The van der Waals surface area contributed by atoms with Crippen LogP contribution in [0.4, 0.5) is 18.9 Å². The van der Waals surface area contributed by atoms with Crippen LogP contribution < -0.4 is 10.2 Å². The Bertz CT molecular complexity index is 884. The Morgan fingerprint density at radius 1 is 1.06 bits per heavy atom. The van der Waals surface area contributed by atoms with Gasteiger partial charge >= 0.3 is 6.18 Å². The predicted molar refractivity (Wildman–Crippen MR) is 127 cm³/mol. The average Bonchev–Trinajstić information content (AvgIpc) is 3.27. The summed E-state index contributed by atoms with van der Waals surface area (Å²) in [6, 6.07) is 10.1. The second-order valence-electron chi connectivity index (χ2n) is 8.14. The lowest BCUT2D eigenvalue weighted by molar-refractivity contribution is -0.258. The number of rotatable bonds is 4. The van der Waals surface area contributed by atoms with E-state index in [4.69, 9.17) is 0 Å². The fourth-order valence-electron chi connectivity index (χ4n) is 3.41. The Labute approximate surface area is 200 Å². The van der Waals surface area contributed by atoms with Crippen molar-refractivity contribution >= 4 is 34.9 Å². The number of nitrogens with zero attached hydrogens (tertiary/aromatic N) is 3. The van der Waals surface area contributed by atoms with Gasteiger partial charge in [0.2, 0.25) is 5.91 Å². The van der Waals surface area contributed by atoms with E-state index in [9.17, 15) is 23.1 Å². The van der Waals surface area contributed by atoms with Crippen molar-refractivity contribution in [3.63, 3.8) is 0 Å². The number of piperazine rings is 2. The molecule has 2 aliphatic rings. The van der Waals surface area contributed by atoms with Crippen molar-refractivity contribution in [3.05, 3.63) is 47.3 Å². The topological polar surface area (TPSA) is 59.1 Å². The Kier molecular flexibility index (Phi) is 8.68. The van der Waals surface area contributed by atoms with Crippen LogP contribution in [0.1, 0.15) is 12.5 Å². The number of alkyl halides is 3. The molecule has 33 heavy (non-hydrogen) atoms. The number of likely N-dealkylation sites (N-methyl/N-ethyl adjacent to an activating group) is 1. The van der Waals surface area contributed by atoms with Crippen LogP contribution in [0.3, 0.4) is 0 Å². The van der Waals surface area contributed by atoms with Gasteiger partial charge in [0.1, 0.15) is 0 Å². The molecule has 1 amide bonds. The van der Waals surface area contributed by atoms with Crippen molar-refractivity contribution in [2.24, 2.45) is 0 Å². The van der Waals surface area contributed by atoms with Gasteiger partial charge in [-0.05, 0) is 55.1 Å². The third-order valence-corrected chi connectivity index (χ3v) is 7.64. The summed E-state index contributed by atoms with van der Waals surface area (Å²) in [5.74, 6) is 0.138. The van der Waals surface area contributed by atoms with Crippen molar-refractivity contribution in [1.82, 2.24) is 14.5 Å². The number of carbonyl (C=O) groups excluding carboxylic acids is 1. The lowest BCUT2D eigenvalue weighted by atomic mass is 9.95. The molecule has 0 saturated carbocycles. The molecule has 11 heteroatoms. The molecule has 1 aromatic carbocycles. The maximum absolute atomic E-state index is 12.9. The first-order valence-electron chi connectivity index (χ1n) is 10.6. The summed E-state index contributed by atoms with van der Waals surface area (Å²) in [7, 11) is 1.94. The smallest absolute Gasteiger partial charge is 0.376 e. The molecule has 0 aliphatic carbocycles. The van der Waals surface area contributed by atoms with Crippen LogP contribution in [-0.4, -0.2) is 79.3 Å². The third-order valence-electron chi connectivity index (χ3n) is 5.53. The van der Waals surface area contributed by atoms with Gasteiger partial charge < -0.3 is 15.3 Å². The maximum Gasteiger partial charge on any atom is 0.421 e. The van der Waals surface area contributed by atoms with Gasteiger partial charge in [0.05, 0.1) is 10.8 Å². The molecule has 1 atom stereocenters. The first-order valence-corrected chi connectivity index (χ1v) is 12.3. The van der Waals surface area contributed by atoms with E-state index in [1.54, 1.807) is 35.4 Å². The molecule has 1 unspecified atom stereocenters. The minimum absolute atomic E-state index is 0.138. The van der Waals surface area contributed by atoms with Gasteiger partial charge in [0.25, 0.3) is 0 Å². The molecule has 0 spiro atoms. The zero-order valence-corrected chi connectivity index (χ0v) is 20.3. The lowest BCUT2D eigenvalue weighted by Gasteiger charge is -2.35. The summed E-state index contributed by atoms with van der Waals surface area (Å²) in [6.07, 6.45) is -4.70. The molecule has 2 aliphatic heterocycles. The average molecular weight is 503 g/mol. The molecule has 2 saturated heterocycles. The van der Waals surface area contributed by atoms with Crippen molar-refractivity contribution < 1.29 is 23.1 Å². The van der Waals surface area contributed by atoms with Crippen LogP contribution >= 0.6 is 23.3 Å². The lowest BCUT2D eigenvalue weighted by Crippen LogP contribution is -2.45. The third kappa shape index (κ3) is 7.10. The summed E-state index contributed by atoms with van der Waals surface area (Å²) >= 11 is 3.46. The molecule has 1 aromatic heterocycles. The number of benzene rings is 1. The number of carbonyl (C=O) groups is 1. The van der Waals surface area contributed by atoms with Gasteiger partial charge in [-0.25, -0.2) is 4.31 Å². The number of anilines is 1. The molecule has 0 bridgehead atoms. The SMILES string of the molecule is CC(O)(c1ccc(N2CCN(Sc3cccs3)CC2)cc1)C(F)(F)F.CN1CCNC(=O)C1. The monoisotopic (exact) mass is 502 g/mol. The van der Waals surface area contributed by atoms with E-state index in [1.807, 2.05) is 18.0 Å². The van der Waals surface area contributed by atoms with Crippen molar-refractivity contribution in [3.8, 4) is 0 Å². The molecular formula is C22H29F3N4O2S2. The van der Waals surface area contributed by atoms with Gasteiger partial charge in [-0.3, -0.25) is 9.69 Å². The van der Waals surface area contributed by atoms with E-state index in [-0.39, 0.29) is 11.5 Å². The van der Waals surface area contributed by atoms with Crippen LogP contribution in [0, 0.1) is 0 Å². The number of nitrogens with one attached hydrogen (secondary N) is 1. The first kappa shape index (κ1) is 25.8. The molecule has 6 nitrogen and oxygen atoms in total. The highest BCUT2D eigenvalue weighted by molar-refractivity contribution is 7.98. The number of halogens is 3. The molecule has 4 rings (SSSR count). The maximum atomic E-state index is 12.9. The molecular weight excluding hydrogens is 473 g/mol. The number of amides is 1. The van der Waals surface area contributed by atoms with Crippen LogP contribution in [0.15, 0.2) is 46.0 Å². The summed E-state index contributed by atoms with van der Waals surface area (Å²) in [5.41, 5.74) is -2.10. The zero-order valence-electron chi connectivity index (χ0n) is 18.6. The standard InChI is InChI=1S/C17H19F3N2OS2.C5H10N2O/c1-16(23,17(18,19)20)13-4-6-14(7-5-13)21-8-10-22(11-9-21)25-15-3-2-12-24-15;1-7-3-2-6-5(8)4-7/h2-7,12,23H,8-11H2,1H3;2-4H2,1H3,(H,6,8). The summed E-state index contributed by atoms with van der Waals surface area (Å²) < 4.78 is 42.3. The molecule has 2 aromatic rings. The fraction of sp³-hybridized carbons (Fsp3) is 0.500. The van der Waals surface area contributed by atoms with Crippen LogP contribution in [0.25, 0.3) is 0 Å². The fourth-order valence-corrected chi connectivity index (χ4v) is 5.25. The quantitative estimate of drug-likeness (QED) is 0.626. The molecule has 2 N–H and O–H groups in total. The van der Waals surface area contributed by atoms with Gasteiger partial charge in [-0.15, -0.1) is 11.3 Å². The molecule has 0 radical (unpaired) electrons. The molecule has 182 valence electrons. The van der Waals surface area contributed by atoms with E-state index >= 15 is 0 Å². The van der Waals surface area contributed by atoms with Gasteiger partial charge in [0.15, 0.2) is 5.60 Å². The minimum Gasteiger partial charge on any atom is -0.376 e. The zero-order chi connectivity index (χ0) is 24.1. The second-order valence-corrected chi connectivity index (χ2v) is 10.5. The van der Waals surface area contributed by atoms with Crippen molar-refractivity contribution in [1.29, 1.82) is 0 Å². The molecule has 3 heterocycles. The van der Waals surface area contributed by atoms with Crippen molar-refractivity contribution in [2.75, 3.05) is 57.8 Å². The summed E-state index contributed by atoms with van der Waals surface area (Å²) in [4.78, 5) is 14.7. The number of hydrogen-bond acceptors (Lipinski definition) is 7. The second kappa shape index (κ2) is 11.1. The van der Waals surface area contributed by atoms with E-state index in [0.717, 1.165) is 51.9 Å².